The van der Waals surface area contributed by atoms with Crippen LogP contribution >= 0.6 is 0 Å². The molecule has 4 rings (SSSR count). The number of fused-ring (bicyclic) bond motifs is 1. The van der Waals surface area contributed by atoms with Crippen molar-refractivity contribution in [2.24, 2.45) is 0 Å². The van der Waals surface area contributed by atoms with Gasteiger partial charge >= 0.3 is 0 Å². The number of nitrogens with one attached hydrogen (secondary N) is 2. The summed E-state index contributed by atoms with van der Waals surface area (Å²) >= 11 is 0. The average molecular weight is 335 g/mol. The van der Waals surface area contributed by atoms with Crippen molar-refractivity contribution in [3.8, 4) is 11.3 Å². The predicted molar refractivity (Wildman–Crippen MR) is 101 cm³/mol. The zero-order valence-electron chi connectivity index (χ0n) is 14.9. The van der Waals surface area contributed by atoms with E-state index in [1.165, 1.54) is 23.9 Å². The number of H-pyrrole nitrogens is 1. The van der Waals surface area contributed by atoms with E-state index in [1.807, 2.05) is 0 Å². The average Bonchev–Trinajstić information content (AvgIpc) is 3.02. The summed E-state index contributed by atoms with van der Waals surface area (Å²) in [6.45, 7) is 5.16. The number of benzene rings is 1. The Morgan fingerprint density at radius 1 is 1.08 bits per heavy atom. The molecule has 0 saturated carbocycles. The van der Waals surface area contributed by atoms with E-state index < -0.39 is 0 Å². The van der Waals surface area contributed by atoms with Gasteiger partial charge in [-0.25, -0.2) is 0 Å². The Kier molecular flexibility index (Phi) is 4.51. The Balaban J connectivity index is 1.48. The van der Waals surface area contributed by atoms with Crippen LogP contribution in [0.2, 0.25) is 0 Å². The van der Waals surface area contributed by atoms with E-state index in [9.17, 15) is 0 Å². The molecular formula is C20H25N5. The van der Waals surface area contributed by atoms with Crippen LogP contribution < -0.4 is 5.32 Å². The third-order valence-electron chi connectivity index (χ3n) is 5.11. The zero-order chi connectivity index (χ0) is 17.2. The van der Waals surface area contributed by atoms with Crippen LogP contribution in [0.5, 0.6) is 0 Å². The molecule has 0 atom stereocenters. The molecule has 1 saturated heterocycles. The van der Waals surface area contributed by atoms with Crippen molar-refractivity contribution in [2.75, 3.05) is 20.1 Å². The number of nitrogens with zero attached hydrogens (tertiary/aromatic N) is 3. The number of rotatable bonds is 4. The lowest BCUT2D eigenvalue weighted by Crippen LogP contribution is -2.40. The number of hydrogen-bond acceptors (Lipinski definition) is 4. The highest BCUT2D eigenvalue weighted by Crippen LogP contribution is 2.23. The smallest absolute Gasteiger partial charge is 0.0930 e. The third kappa shape index (κ3) is 3.57. The molecule has 5 heteroatoms. The molecule has 1 aliphatic heterocycles. The maximum absolute atomic E-state index is 4.46. The molecule has 0 bridgehead atoms. The fraction of sp³-hybridized carbons (Fsp3) is 0.400. The summed E-state index contributed by atoms with van der Waals surface area (Å²) in [6, 6.07) is 13.4. The molecule has 130 valence electrons. The highest BCUT2D eigenvalue weighted by Gasteiger charge is 2.18. The van der Waals surface area contributed by atoms with Gasteiger partial charge in [0.15, 0.2) is 0 Å². The van der Waals surface area contributed by atoms with Gasteiger partial charge < -0.3 is 10.3 Å². The first-order valence-electron chi connectivity index (χ1n) is 9.02. The first-order valence-corrected chi connectivity index (χ1v) is 9.02. The van der Waals surface area contributed by atoms with Gasteiger partial charge in [-0.1, -0.05) is 6.07 Å². The Labute approximate surface area is 148 Å². The maximum Gasteiger partial charge on any atom is 0.0930 e. The summed E-state index contributed by atoms with van der Waals surface area (Å²) < 4.78 is 0. The van der Waals surface area contributed by atoms with Crippen molar-refractivity contribution >= 4 is 10.9 Å². The van der Waals surface area contributed by atoms with E-state index in [0.717, 1.165) is 42.1 Å². The SMILES string of the molecule is Cc1cc2cc(-c3ccc(CN(C)C4CCNCC4)nn3)ccc2[nH]1. The molecule has 2 N–H and O–H groups in total. The second-order valence-corrected chi connectivity index (χ2v) is 7.06. The molecule has 0 amide bonds. The Hall–Kier alpha value is -2.24. The first kappa shape index (κ1) is 16.2. The minimum atomic E-state index is 0.641. The summed E-state index contributed by atoms with van der Waals surface area (Å²) in [4.78, 5) is 5.75. The van der Waals surface area contributed by atoms with E-state index in [2.05, 4.69) is 75.8 Å². The quantitative estimate of drug-likeness (QED) is 0.769. The Morgan fingerprint density at radius 2 is 1.92 bits per heavy atom. The van der Waals surface area contributed by atoms with Gasteiger partial charge in [-0.2, -0.15) is 10.2 Å². The van der Waals surface area contributed by atoms with Crippen LogP contribution in [0.1, 0.15) is 24.2 Å². The van der Waals surface area contributed by atoms with Crippen molar-refractivity contribution in [2.45, 2.75) is 32.4 Å². The van der Waals surface area contributed by atoms with Gasteiger partial charge in [-0.15, -0.1) is 0 Å². The molecule has 0 unspecified atom stereocenters. The Bertz CT molecular complexity index is 846. The largest absolute Gasteiger partial charge is 0.359 e. The van der Waals surface area contributed by atoms with E-state index in [-0.39, 0.29) is 0 Å². The number of piperidine rings is 1. The zero-order valence-corrected chi connectivity index (χ0v) is 14.9. The number of aromatic nitrogens is 3. The molecule has 1 aromatic carbocycles. The molecule has 0 spiro atoms. The van der Waals surface area contributed by atoms with Crippen LogP contribution in [0.25, 0.3) is 22.2 Å². The van der Waals surface area contributed by atoms with Crippen molar-refractivity contribution in [3.05, 3.63) is 47.8 Å². The molecule has 25 heavy (non-hydrogen) atoms. The van der Waals surface area contributed by atoms with Crippen LogP contribution in [0.3, 0.4) is 0 Å². The summed E-state index contributed by atoms with van der Waals surface area (Å²) in [7, 11) is 2.19. The van der Waals surface area contributed by atoms with Crippen LogP contribution in [0.4, 0.5) is 0 Å². The lowest BCUT2D eigenvalue weighted by Gasteiger charge is -2.31. The van der Waals surface area contributed by atoms with Gasteiger partial charge in [-0.05, 0) is 70.2 Å². The van der Waals surface area contributed by atoms with Gasteiger partial charge in [0.1, 0.15) is 0 Å². The van der Waals surface area contributed by atoms with Crippen molar-refractivity contribution < 1.29 is 0 Å². The van der Waals surface area contributed by atoms with Crippen molar-refractivity contribution in [1.29, 1.82) is 0 Å². The number of aryl methyl sites for hydroxylation is 1. The van der Waals surface area contributed by atoms with Gasteiger partial charge in [0.2, 0.25) is 0 Å². The van der Waals surface area contributed by atoms with E-state index in [4.69, 9.17) is 0 Å². The minimum Gasteiger partial charge on any atom is -0.359 e. The number of aromatic amines is 1. The first-order chi connectivity index (χ1) is 12.2. The molecule has 3 heterocycles. The van der Waals surface area contributed by atoms with Crippen molar-refractivity contribution in [1.82, 2.24) is 25.4 Å². The van der Waals surface area contributed by atoms with Gasteiger partial charge in [0, 0.05) is 34.7 Å². The lowest BCUT2D eigenvalue weighted by molar-refractivity contribution is 0.189. The highest BCUT2D eigenvalue weighted by atomic mass is 15.2. The summed E-state index contributed by atoms with van der Waals surface area (Å²) in [5.41, 5.74) is 5.40. The maximum atomic E-state index is 4.46. The second-order valence-electron chi connectivity index (χ2n) is 7.06. The third-order valence-corrected chi connectivity index (χ3v) is 5.11. The molecule has 3 aromatic rings. The van der Waals surface area contributed by atoms with Gasteiger partial charge in [0.05, 0.1) is 11.4 Å². The van der Waals surface area contributed by atoms with Gasteiger partial charge in [-0.3, -0.25) is 4.90 Å². The molecule has 0 radical (unpaired) electrons. The van der Waals surface area contributed by atoms with Gasteiger partial charge in [0.25, 0.3) is 0 Å². The molecule has 1 aliphatic rings. The summed E-state index contributed by atoms with van der Waals surface area (Å²) in [5.74, 6) is 0. The molecule has 5 nitrogen and oxygen atoms in total. The fourth-order valence-electron chi connectivity index (χ4n) is 3.67. The lowest BCUT2D eigenvalue weighted by atomic mass is 10.1. The second kappa shape index (κ2) is 6.94. The molecule has 1 fully saturated rings. The molecule has 2 aromatic heterocycles. The fourth-order valence-corrected chi connectivity index (χ4v) is 3.67. The predicted octanol–water partition coefficient (Wildman–Crippen LogP) is 3.12. The van der Waals surface area contributed by atoms with E-state index in [1.54, 1.807) is 0 Å². The minimum absolute atomic E-state index is 0.641. The van der Waals surface area contributed by atoms with Crippen LogP contribution in [0.15, 0.2) is 36.4 Å². The number of hydrogen-bond donors (Lipinski definition) is 2. The van der Waals surface area contributed by atoms with Crippen LogP contribution in [-0.2, 0) is 6.54 Å². The highest BCUT2D eigenvalue weighted by molar-refractivity contribution is 5.85. The summed E-state index contributed by atoms with van der Waals surface area (Å²) in [5, 5.41) is 13.6. The van der Waals surface area contributed by atoms with Crippen molar-refractivity contribution in [3.63, 3.8) is 0 Å². The summed E-state index contributed by atoms with van der Waals surface area (Å²) in [6.07, 6.45) is 2.41. The normalized spacial score (nSPS) is 16.0. The molecular weight excluding hydrogens is 310 g/mol. The van der Waals surface area contributed by atoms with E-state index >= 15 is 0 Å². The van der Waals surface area contributed by atoms with Crippen LogP contribution in [0, 0.1) is 6.92 Å². The molecule has 0 aliphatic carbocycles. The van der Waals surface area contributed by atoms with Crippen LogP contribution in [-0.4, -0.2) is 46.3 Å². The topological polar surface area (TPSA) is 56.8 Å². The van der Waals surface area contributed by atoms with E-state index in [0.29, 0.717) is 6.04 Å². The standard InChI is InChI=1S/C20H25N5/c1-14-11-16-12-15(3-5-19(16)22-14)20-6-4-17(23-24-20)13-25(2)18-7-9-21-10-8-18/h3-6,11-12,18,21-22H,7-10,13H2,1-2H3. The Morgan fingerprint density at radius 3 is 2.68 bits per heavy atom. The monoisotopic (exact) mass is 335 g/mol.